The topological polar surface area (TPSA) is 98.3 Å². The molecule has 1 aliphatic rings. The van der Waals surface area contributed by atoms with E-state index in [9.17, 15) is 13.6 Å². The Balaban J connectivity index is 1.34. The van der Waals surface area contributed by atoms with Gasteiger partial charge in [-0.3, -0.25) is 4.90 Å². The third-order valence-electron chi connectivity index (χ3n) is 7.65. The van der Waals surface area contributed by atoms with E-state index in [1.807, 2.05) is 32.0 Å². The second-order valence-corrected chi connectivity index (χ2v) is 10.8. The number of benzene rings is 3. The number of piperidine rings is 1. The minimum absolute atomic E-state index is 0.0384. The van der Waals surface area contributed by atoms with Gasteiger partial charge in [-0.25, -0.2) is 23.5 Å². The van der Waals surface area contributed by atoms with Gasteiger partial charge in [0.25, 0.3) is 0 Å². The van der Waals surface area contributed by atoms with Crippen molar-refractivity contribution in [3.8, 4) is 23.1 Å². The quantitative estimate of drug-likeness (QED) is 0.182. The normalized spacial score (nSPS) is 13.2. The lowest BCUT2D eigenvalue weighted by Gasteiger charge is -2.27. The Kier molecular flexibility index (Phi) is 10.5. The van der Waals surface area contributed by atoms with E-state index < -0.39 is 23.5 Å². The number of ether oxygens (including phenoxy) is 4. The van der Waals surface area contributed by atoms with Gasteiger partial charge in [-0.2, -0.15) is 4.98 Å². The molecule has 1 aliphatic heterocycles. The van der Waals surface area contributed by atoms with Gasteiger partial charge in [0.05, 0.1) is 25.6 Å². The second-order valence-electron chi connectivity index (χ2n) is 10.8. The minimum atomic E-state index is -0.860. The van der Waals surface area contributed by atoms with Gasteiger partial charge in [0, 0.05) is 42.7 Å². The van der Waals surface area contributed by atoms with Crippen molar-refractivity contribution in [1.29, 1.82) is 0 Å². The first-order chi connectivity index (χ1) is 22.3. The maximum Gasteiger partial charge on any atom is 0.425 e. The molecule has 5 rings (SSSR count). The van der Waals surface area contributed by atoms with E-state index >= 15 is 0 Å². The van der Waals surface area contributed by atoms with Gasteiger partial charge in [-0.15, -0.1) is 0 Å². The second kappa shape index (κ2) is 14.9. The molecule has 0 bridgehead atoms. The molecular weight excluding hydrogens is 596 g/mol. The Morgan fingerprint density at radius 3 is 2.35 bits per heavy atom. The number of likely N-dealkylation sites (tertiary alicyclic amines) is 1. The Bertz CT molecular complexity index is 1640. The number of carbonyl (C=O) groups is 1. The first kappa shape index (κ1) is 32.4. The largest absolute Gasteiger partial charge is 0.497 e. The average Bonchev–Trinajstić information content (AvgIpc) is 3.04. The number of hydrogen-bond donors (Lipinski definition) is 1. The zero-order valence-corrected chi connectivity index (χ0v) is 26.3. The summed E-state index contributed by atoms with van der Waals surface area (Å²) in [6.45, 7) is 6.47. The molecule has 0 atom stereocenters. The molecule has 0 spiro atoms. The third kappa shape index (κ3) is 7.63. The number of carbonyl (C=O) groups excluding carboxylic acids is 1. The molecule has 10 nitrogen and oxygen atoms in total. The molecule has 4 aromatic rings. The number of nitrogens with one attached hydrogen (secondary N) is 1. The summed E-state index contributed by atoms with van der Waals surface area (Å²) < 4.78 is 51.8. The maximum atomic E-state index is 14.9. The van der Waals surface area contributed by atoms with E-state index in [0.29, 0.717) is 29.4 Å². The van der Waals surface area contributed by atoms with Crippen LogP contribution in [-0.2, 0) is 0 Å². The lowest BCUT2D eigenvalue weighted by atomic mass is 10.1. The molecule has 3 aromatic carbocycles. The molecule has 12 heteroatoms. The molecule has 0 radical (unpaired) electrons. The van der Waals surface area contributed by atoms with Crippen LogP contribution in [0.1, 0.15) is 30.4 Å². The number of hydrogen-bond acceptors (Lipinski definition) is 9. The van der Waals surface area contributed by atoms with E-state index in [-0.39, 0.29) is 24.1 Å². The van der Waals surface area contributed by atoms with Crippen LogP contribution in [0.15, 0.2) is 60.8 Å². The molecule has 242 valence electrons. The van der Waals surface area contributed by atoms with E-state index in [1.165, 1.54) is 37.8 Å². The molecule has 1 saturated heterocycles. The van der Waals surface area contributed by atoms with Gasteiger partial charge in [0.15, 0.2) is 17.4 Å². The molecular formula is C34H37F2N5O5. The van der Waals surface area contributed by atoms with Crippen molar-refractivity contribution in [2.24, 2.45) is 0 Å². The number of amides is 1. The summed E-state index contributed by atoms with van der Waals surface area (Å²) >= 11 is 0. The van der Waals surface area contributed by atoms with Crippen molar-refractivity contribution in [2.75, 3.05) is 50.7 Å². The highest BCUT2D eigenvalue weighted by Gasteiger charge is 2.27. The van der Waals surface area contributed by atoms with E-state index in [2.05, 4.69) is 20.2 Å². The van der Waals surface area contributed by atoms with Crippen molar-refractivity contribution in [3.63, 3.8) is 0 Å². The fraction of sp³-hybridized carbons (Fsp3) is 0.324. The number of methoxy groups -OCH3 is 2. The smallest absolute Gasteiger partial charge is 0.425 e. The standard InChI is InChI=1S/C34H37F2N5O5/c1-22-9-8-10-23(2)31(22)41(28-12-11-25(43-3)21-29(28)44-4)34(42)46-30-13-14-37-33(39-30)38-24-19-26(35)32(27(36)20-24)45-18-17-40-15-6-5-7-16-40/h8-14,19-21H,5-7,15-18H2,1-4H3,(H,37,38,39). The third-order valence-corrected chi connectivity index (χ3v) is 7.65. The lowest BCUT2D eigenvalue weighted by Crippen LogP contribution is -2.33. The molecule has 0 aliphatic carbocycles. The fourth-order valence-corrected chi connectivity index (χ4v) is 5.39. The van der Waals surface area contributed by atoms with Crippen LogP contribution in [0.25, 0.3) is 0 Å². The Hall–Kier alpha value is -4.97. The van der Waals surface area contributed by atoms with Crippen LogP contribution in [0, 0.1) is 25.5 Å². The van der Waals surface area contributed by atoms with Gasteiger partial charge in [-0.05, 0) is 63.0 Å². The van der Waals surface area contributed by atoms with Gasteiger partial charge in [0.1, 0.15) is 18.1 Å². The van der Waals surface area contributed by atoms with E-state index in [4.69, 9.17) is 18.9 Å². The number of aryl methyl sites for hydroxylation is 2. The highest BCUT2D eigenvalue weighted by molar-refractivity contribution is 6.00. The summed E-state index contributed by atoms with van der Waals surface area (Å²) in [5.74, 6) is -1.36. The monoisotopic (exact) mass is 633 g/mol. The molecule has 1 fully saturated rings. The number of halogens is 2. The van der Waals surface area contributed by atoms with Gasteiger partial charge in [0.2, 0.25) is 11.8 Å². The summed E-state index contributed by atoms with van der Waals surface area (Å²) in [5.41, 5.74) is 2.72. The van der Waals surface area contributed by atoms with Crippen molar-refractivity contribution >= 4 is 29.1 Å². The summed E-state index contributed by atoms with van der Waals surface area (Å²) in [4.78, 5) is 25.8. The van der Waals surface area contributed by atoms with Gasteiger partial charge in [-0.1, -0.05) is 24.6 Å². The lowest BCUT2D eigenvalue weighted by molar-refractivity contribution is 0.177. The SMILES string of the molecule is COc1ccc(N(C(=O)Oc2ccnc(Nc3cc(F)c(OCCN4CCCCC4)c(F)c3)n2)c2c(C)cccc2C)c(OC)c1. The molecule has 46 heavy (non-hydrogen) atoms. The first-order valence-electron chi connectivity index (χ1n) is 15.0. The summed E-state index contributed by atoms with van der Waals surface area (Å²) in [6.07, 6.45) is 4.03. The van der Waals surface area contributed by atoms with Crippen LogP contribution in [0.2, 0.25) is 0 Å². The Labute approximate surface area is 266 Å². The minimum Gasteiger partial charge on any atom is -0.497 e. The van der Waals surface area contributed by atoms with Crippen molar-refractivity contribution in [2.45, 2.75) is 33.1 Å². The van der Waals surface area contributed by atoms with Crippen LogP contribution in [-0.4, -0.2) is 61.4 Å². The summed E-state index contributed by atoms with van der Waals surface area (Å²) in [6, 6.07) is 14.3. The first-order valence-corrected chi connectivity index (χ1v) is 15.0. The number of nitrogens with zero attached hydrogens (tertiary/aromatic N) is 4. The fourth-order valence-electron chi connectivity index (χ4n) is 5.39. The van der Waals surface area contributed by atoms with Gasteiger partial charge < -0.3 is 24.3 Å². The Morgan fingerprint density at radius 1 is 0.957 bits per heavy atom. The molecule has 1 aromatic heterocycles. The zero-order valence-electron chi connectivity index (χ0n) is 26.3. The predicted molar refractivity (Wildman–Crippen MR) is 171 cm³/mol. The van der Waals surface area contributed by atoms with Crippen LogP contribution in [0.3, 0.4) is 0 Å². The number of rotatable bonds is 11. The summed E-state index contributed by atoms with van der Waals surface area (Å²) in [7, 11) is 3.03. The number of anilines is 4. The predicted octanol–water partition coefficient (Wildman–Crippen LogP) is 7.33. The highest BCUT2D eigenvalue weighted by atomic mass is 19.1. The molecule has 1 amide bonds. The molecule has 0 unspecified atom stereocenters. The highest BCUT2D eigenvalue weighted by Crippen LogP contribution is 2.40. The summed E-state index contributed by atoms with van der Waals surface area (Å²) in [5, 5.41) is 2.77. The van der Waals surface area contributed by atoms with Crippen LogP contribution < -0.4 is 29.2 Å². The van der Waals surface area contributed by atoms with Crippen molar-refractivity contribution in [3.05, 3.63) is 83.6 Å². The van der Waals surface area contributed by atoms with E-state index in [0.717, 1.165) is 49.2 Å². The molecule has 0 saturated carbocycles. The maximum absolute atomic E-state index is 14.9. The van der Waals surface area contributed by atoms with Gasteiger partial charge >= 0.3 is 6.09 Å². The number of para-hydroxylation sites is 1. The van der Waals surface area contributed by atoms with E-state index in [1.54, 1.807) is 18.2 Å². The van der Waals surface area contributed by atoms with Crippen LogP contribution in [0.4, 0.5) is 36.6 Å². The van der Waals surface area contributed by atoms with Crippen LogP contribution >= 0.6 is 0 Å². The molecule has 1 N–H and O–H groups in total. The van der Waals surface area contributed by atoms with Crippen molar-refractivity contribution in [1.82, 2.24) is 14.9 Å². The Morgan fingerprint density at radius 2 is 1.67 bits per heavy atom. The zero-order chi connectivity index (χ0) is 32.6. The average molecular weight is 634 g/mol. The molecule has 2 heterocycles. The van der Waals surface area contributed by atoms with Crippen molar-refractivity contribution < 1.29 is 32.5 Å². The number of aromatic nitrogens is 2. The van der Waals surface area contributed by atoms with Crippen LogP contribution in [0.5, 0.6) is 23.1 Å².